The Kier molecular flexibility index (Phi) is 3.67. The largest absolute Gasteiger partial charge is 0.421 e. The summed E-state index contributed by atoms with van der Waals surface area (Å²) in [4.78, 5) is 13.5. The highest BCUT2D eigenvalue weighted by Gasteiger charge is 2.32. The lowest BCUT2D eigenvalue weighted by atomic mass is 9.80. The normalized spacial score (nSPS) is 31.3. The van der Waals surface area contributed by atoms with E-state index in [1.807, 2.05) is 6.92 Å². The molecule has 1 fully saturated rings. The molecular weight excluding hydrogens is 180 g/mol. The first kappa shape index (κ1) is 10.7. The molecule has 0 unspecified atom stereocenters. The quantitative estimate of drug-likeness (QED) is 0.390. The summed E-state index contributed by atoms with van der Waals surface area (Å²) in [5, 5.41) is 8.45. The number of ether oxygens (including phenoxy) is 1. The Balaban J connectivity index is 2.38. The lowest BCUT2D eigenvalue weighted by Crippen LogP contribution is -2.33. The van der Waals surface area contributed by atoms with Gasteiger partial charge in [0.15, 0.2) is 0 Å². The van der Waals surface area contributed by atoms with Crippen LogP contribution in [0.25, 0.3) is 0 Å². The van der Waals surface area contributed by atoms with Crippen LogP contribution in [0.4, 0.5) is 0 Å². The number of aliphatic imine (C=N–C) groups is 1. The van der Waals surface area contributed by atoms with Crippen LogP contribution in [0.1, 0.15) is 32.6 Å². The molecule has 0 aromatic rings. The first-order valence-electron chi connectivity index (χ1n) is 4.81. The zero-order chi connectivity index (χ0) is 10.4. The fourth-order valence-electron chi connectivity index (χ4n) is 1.85. The summed E-state index contributed by atoms with van der Waals surface area (Å²) in [6.45, 7) is 2.52. The van der Waals surface area contributed by atoms with Crippen LogP contribution >= 0.6 is 0 Å². The van der Waals surface area contributed by atoms with Crippen LogP contribution in [0, 0.1) is 17.4 Å². The van der Waals surface area contributed by atoms with Crippen molar-refractivity contribution in [1.82, 2.24) is 0 Å². The maximum absolute atomic E-state index is 9.92. The predicted octanol–water partition coefficient (Wildman–Crippen LogP) is 1.77. The molecule has 14 heavy (non-hydrogen) atoms. The van der Waals surface area contributed by atoms with Gasteiger partial charge in [0.1, 0.15) is 5.60 Å². The molecule has 0 radical (unpaired) electrons. The molecule has 0 spiro atoms. The van der Waals surface area contributed by atoms with Crippen molar-refractivity contribution in [2.24, 2.45) is 10.9 Å². The Bertz CT molecular complexity index is 268. The smallest absolute Gasteiger partial charge is 0.286 e. The third kappa shape index (κ3) is 2.86. The highest BCUT2D eigenvalue weighted by atomic mass is 16.5. The summed E-state index contributed by atoms with van der Waals surface area (Å²) in [5.74, 6) is 0.451. The number of isocyanates is 1. The standard InChI is InChI=1S/C10H14N2O2/c1-10(14-7-11)4-2-9(3-5-10)6-12-8-13/h9H,2-6H2,1H3. The minimum atomic E-state index is -0.295. The van der Waals surface area contributed by atoms with E-state index < -0.39 is 0 Å². The highest BCUT2D eigenvalue weighted by Crippen LogP contribution is 2.34. The molecule has 1 rings (SSSR count). The molecule has 76 valence electrons. The highest BCUT2D eigenvalue weighted by molar-refractivity contribution is 5.32. The van der Waals surface area contributed by atoms with Crippen LogP contribution < -0.4 is 0 Å². The molecule has 4 nitrogen and oxygen atoms in total. The van der Waals surface area contributed by atoms with Gasteiger partial charge in [-0.15, -0.1) is 0 Å². The van der Waals surface area contributed by atoms with Crippen LogP contribution in [-0.2, 0) is 9.53 Å². The minimum Gasteiger partial charge on any atom is -0.421 e. The van der Waals surface area contributed by atoms with E-state index >= 15 is 0 Å². The van der Waals surface area contributed by atoms with Gasteiger partial charge in [-0.3, -0.25) is 0 Å². The molecule has 0 amide bonds. The van der Waals surface area contributed by atoms with E-state index in [0.29, 0.717) is 12.5 Å². The third-order valence-electron chi connectivity index (χ3n) is 2.87. The van der Waals surface area contributed by atoms with Crippen molar-refractivity contribution in [3.05, 3.63) is 0 Å². The topological polar surface area (TPSA) is 62.4 Å². The van der Waals surface area contributed by atoms with E-state index in [-0.39, 0.29) is 5.60 Å². The minimum absolute atomic E-state index is 0.295. The van der Waals surface area contributed by atoms with Gasteiger partial charge in [-0.2, -0.15) is 5.26 Å². The van der Waals surface area contributed by atoms with E-state index in [4.69, 9.17) is 10.00 Å². The molecular formula is C10H14N2O2. The molecule has 0 saturated heterocycles. The molecule has 0 atom stereocenters. The summed E-state index contributed by atoms with van der Waals surface area (Å²) in [5.41, 5.74) is -0.295. The lowest BCUT2D eigenvalue weighted by molar-refractivity contribution is 0.00537. The summed E-state index contributed by atoms with van der Waals surface area (Å²) in [6.07, 6.45) is 6.95. The average Bonchev–Trinajstić information content (AvgIpc) is 2.17. The number of hydrogen-bond acceptors (Lipinski definition) is 4. The molecule has 0 heterocycles. The predicted molar refractivity (Wildman–Crippen MR) is 50.0 cm³/mol. The van der Waals surface area contributed by atoms with Crippen molar-refractivity contribution in [2.75, 3.05) is 6.54 Å². The van der Waals surface area contributed by atoms with Crippen molar-refractivity contribution in [3.63, 3.8) is 0 Å². The molecule has 0 N–H and O–H groups in total. The van der Waals surface area contributed by atoms with E-state index in [1.54, 1.807) is 12.3 Å². The van der Waals surface area contributed by atoms with E-state index in [2.05, 4.69) is 4.99 Å². The van der Waals surface area contributed by atoms with Crippen molar-refractivity contribution in [3.8, 4) is 6.26 Å². The Morgan fingerprint density at radius 3 is 2.71 bits per heavy atom. The number of hydrogen-bond donors (Lipinski definition) is 0. The lowest BCUT2D eigenvalue weighted by Gasteiger charge is -2.33. The number of nitrogens with zero attached hydrogens (tertiary/aromatic N) is 2. The number of nitriles is 1. The fraction of sp³-hybridized carbons (Fsp3) is 0.800. The van der Waals surface area contributed by atoms with Crippen molar-refractivity contribution < 1.29 is 9.53 Å². The van der Waals surface area contributed by atoms with Gasteiger partial charge >= 0.3 is 0 Å². The Hall–Kier alpha value is -1.33. The molecule has 4 heteroatoms. The van der Waals surface area contributed by atoms with Gasteiger partial charge in [-0.05, 0) is 38.5 Å². The van der Waals surface area contributed by atoms with Gasteiger partial charge in [0.2, 0.25) is 6.08 Å². The Morgan fingerprint density at radius 2 is 2.21 bits per heavy atom. The van der Waals surface area contributed by atoms with Crippen molar-refractivity contribution >= 4 is 6.08 Å². The first-order chi connectivity index (χ1) is 6.70. The van der Waals surface area contributed by atoms with Crippen LogP contribution in [-0.4, -0.2) is 18.2 Å². The molecule has 1 aliphatic carbocycles. The fourth-order valence-corrected chi connectivity index (χ4v) is 1.85. The van der Waals surface area contributed by atoms with E-state index in [0.717, 1.165) is 25.7 Å². The molecule has 1 aliphatic rings. The number of carbonyl (C=O) groups excluding carboxylic acids is 1. The molecule has 0 aromatic carbocycles. The van der Waals surface area contributed by atoms with Gasteiger partial charge in [-0.1, -0.05) is 0 Å². The second kappa shape index (κ2) is 4.78. The third-order valence-corrected chi connectivity index (χ3v) is 2.87. The van der Waals surface area contributed by atoms with Gasteiger partial charge in [0.05, 0.1) is 6.54 Å². The Morgan fingerprint density at radius 1 is 1.57 bits per heavy atom. The van der Waals surface area contributed by atoms with Gasteiger partial charge in [0, 0.05) is 0 Å². The Labute approximate surface area is 83.6 Å². The van der Waals surface area contributed by atoms with Crippen molar-refractivity contribution in [2.45, 2.75) is 38.2 Å². The van der Waals surface area contributed by atoms with Gasteiger partial charge in [0.25, 0.3) is 6.26 Å². The van der Waals surface area contributed by atoms with Gasteiger partial charge in [-0.25, -0.2) is 9.79 Å². The van der Waals surface area contributed by atoms with E-state index in [9.17, 15) is 4.79 Å². The summed E-state index contributed by atoms with van der Waals surface area (Å²) < 4.78 is 5.02. The molecule has 0 aromatic heterocycles. The second-order valence-corrected chi connectivity index (χ2v) is 4.02. The van der Waals surface area contributed by atoms with Crippen LogP contribution in [0.15, 0.2) is 4.99 Å². The molecule has 1 saturated carbocycles. The molecule has 0 bridgehead atoms. The number of rotatable bonds is 3. The SMILES string of the molecule is CC1(OC#N)CCC(CN=C=O)CC1. The maximum atomic E-state index is 9.92. The second-order valence-electron chi connectivity index (χ2n) is 4.02. The first-order valence-corrected chi connectivity index (χ1v) is 4.81. The van der Waals surface area contributed by atoms with Crippen LogP contribution in [0.3, 0.4) is 0 Å². The zero-order valence-electron chi connectivity index (χ0n) is 8.32. The average molecular weight is 194 g/mol. The van der Waals surface area contributed by atoms with Gasteiger partial charge < -0.3 is 4.74 Å². The van der Waals surface area contributed by atoms with Crippen molar-refractivity contribution in [1.29, 1.82) is 5.26 Å². The van der Waals surface area contributed by atoms with Crippen LogP contribution in [0.5, 0.6) is 0 Å². The maximum Gasteiger partial charge on any atom is 0.286 e. The summed E-state index contributed by atoms with van der Waals surface area (Å²) >= 11 is 0. The zero-order valence-corrected chi connectivity index (χ0v) is 8.32. The monoisotopic (exact) mass is 194 g/mol. The molecule has 0 aliphatic heterocycles. The van der Waals surface area contributed by atoms with E-state index in [1.165, 1.54) is 0 Å². The summed E-state index contributed by atoms with van der Waals surface area (Å²) in [6, 6.07) is 0. The summed E-state index contributed by atoms with van der Waals surface area (Å²) in [7, 11) is 0. The van der Waals surface area contributed by atoms with Crippen LogP contribution in [0.2, 0.25) is 0 Å².